The smallest absolute Gasteiger partial charge is 0.293 e. The summed E-state index contributed by atoms with van der Waals surface area (Å²) in [6, 6.07) is 6.33. The largest absolute Gasteiger partial charge is 0.768 e. The van der Waals surface area contributed by atoms with Crippen molar-refractivity contribution in [1.29, 1.82) is 0 Å². The summed E-state index contributed by atoms with van der Waals surface area (Å²) in [5, 5.41) is 12.6. The molecule has 2 rings (SSSR count). The molecule has 1 heterocycles. The molecule has 1 fully saturated rings. The Labute approximate surface area is 106 Å². The second-order valence-electron chi connectivity index (χ2n) is 4.05. The van der Waals surface area contributed by atoms with Crippen LogP contribution in [0.25, 0.3) is 0 Å². The first-order valence-corrected chi connectivity index (χ1v) is 7.30. The van der Waals surface area contributed by atoms with E-state index in [2.05, 4.69) is 5.43 Å². The fraction of sp³-hybridized carbons (Fsp3) is 0.400. The SMILES string of the molecule is O=[N+]([O-])c1ccccc1NN1CCS([O-])(O)CC1. The lowest BCUT2D eigenvalue weighted by Gasteiger charge is -2.51. The highest BCUT2D eigenvalue weighted by atomic mass is 32.3. The molecule has 0 bridgehead atoms. The summed E-state index contributed by atoms with van der Waals surface area (Å²) in [5.74, 6) is 0.362. The Bertz CT molecular complexity index is 445. The van der Waals surface area contributed by atoms with Gasteiger partial charge in [-0.15, -0.1) is 0 Å². The minimum atomic E-state index is -2.70. The number of hydrogen-bond acceptors (Lipinski definition) is 6. The van der Waals surface area contributed by atoms with Gasteiger partial charge in [-0.1, -0.05) is 12.1 Å². The third kappa shape index (κ3) is 3.10. The summed E-state index contributed by atoms with van der Waals surface area (Å²) in [6.45, 7) is 0.781. The average molecular weight is 272 g/mol. The number of benzene rings is 1. The van der Waals surface area contributed by atoms with Crippen molar-refractivity contribution in [3.05, 3.63) is 34.4 Å². The Morgan fingerprint density at radius 2 is 1.94 bits per heavy atom. The van der Waals surface area contributed by atoms with Gasteiger partial charge in [-0.2, -0.15) is 0 Å². The third-order valence-corrected chi connectivity index (χ3v) is 4.38. The fourth-order valence-electron chi connectivity index (χ4n) is 1.73. The number of rotatable bonds is 3. The van der Waals surface area contributed by atoms with Crippen molar-refractivity contribution >= 4 is 22.0 Å². The molecule has 0 saturated carbocycles. The van der Waals surface area contributed by atoms with Crippen molar-refractivity contribution in [2.75, 3.05) is 30.0 Å². The summed E-state index contributed by atoms with van der Waals surface area (Å²) in [4.78, 5) is 10.4. The maximum Gasteiger partial charge on any atom is 0.293 e. The predicted octanol–water partition coefficient (Wildman–Crippen LogP) is 1.65. The first kappa shape index (κ1) is 13.1. The number of hydrazine groups is 1. The zero-order chi connectivity index (χ0) is 13.2. The fourth-order valence-corrected chi connectivity index (χ4v) is 2.94. The molecule has 18 heavy (non-hydrogen) atoms. The first-order chi connectivity index (χ1) is 8.48. The highest BCUT2D eigenvalue weighted by molar-refractivity contribution is 8.24. The van der Waals surface area contributed by atoms with Crippen LogP contribution in [0.1, 0.15) is 0 Å². The minimum absolute atomic E-state index is 0.00666. The van der Waals surface area contributed by atoms with E-state index in [1.807, 2.05) is 0 Å². The highest BCUT2D eigenvalue weighted by Crippen LogP contribution is 2.40. The lowest BCUT2D eigenvalue weighted by atomic mass is 10.3. The molecule has 0 amide bonds. The van der Waals surface area contributed by atoms with E-state index in [-0.39, 0.29) is 17.2 Å². The summed E-state index contributed by atoms with van der Waals surface area (Å²) >= 11 is 0. The maximum atomic E-state index is 11.4. The van der Waals surface area contributed by atoms with Crippen molar-refractivity contribution in [2.45, 2.75) is 0 Å². The Morgan fingerprint density at radius 3 is 2.56 bits per heavy atom. The molecule has 1 aliphatic rings. The molecule has 0 aromatic heterocycles. The molecule has 1 aromatic rings. The van der Waals surface area contributed by atoms with Gasteiger partial charge >= 0.3 is 0 Å². The topological polar surface area (TPSA) is 102 Å². The monoisotopic (exact) mass is 272 g/mol. The first-order valence-electron chi connectivity index (χ1n) is 5.45. The Kier molecular flexibility index (Phi) is 3.71. The van der Waals surface area contributed by atoms with Crippen LogP contribution in [0.5, 0.6) is 0 Å². The Hall–Kier alpha value is -1.35. The quantitative estimate of drug-likeness (QED) is 0.640. The van der Waals surface area contributed by atoms with Gasteiger partial charge in [0.2, 0.25) is 0 Å². The predicted molar refractivity (Wildman–Crippen MR) is 69.0 cm³/mol. The average Bonchev–Trinajstić information content (AvgIpc) is 2.32. The van der Waals surface area contributed by atoms with Crippen LogP contribution in [-0.4, -0.2) is 43.6 Å². The van der Waals surface area contributed by atoms with Crippen LogP contribution in [0.4, 0.5) is 11.4 Å². The van der Waals surface area contributed by atoms with Gasteiger partial charge < -0.3 is 25.1 Å². The van der Waals surface area contributed by atoms with Crippen molar-refractivity contribution in [3.8, 4) is 0 Å². The molecule has 1 saturated heterocycles. The number of nitrogens with one attached hydrogen (secondary N) is 1. The van der Waals surface area contributed by atoms with Gasteiger partial charge in [0.15, 0.2) is 0 Å². The zero-order valence-corrected chi connectivity index (χ0v) is 10.4. The number of anilines is 1. The van der Waals surface area contributed by atoms with Gasteiger partial charge in [0.1, 0.15) is 5.69 Å². The van der Waals surface area contributed by atoms with Crippen molar-refractivity contribution in [2.24, 2.45) is 0 Å². The molecule has 100 valence electrons. The van der Waals surface area contributed by atoms with Crippen molar-refractivity contribution in [3.63, 3.8) is 0 Å². The molecule has 7 nitrogen and oxygen atoms in total. The van der Waals surface area contributed by atoms with E-state index >= 15 is 0 Å². The maximum absolute atomic E-state index is 11.4. The van der Waals surface area contributed by atoms with E-state index in [1.54, 1.807) is 23.2 Å². The van der Waals surface area contributed by atoms with E-state index in [9.17, 15) is 19.2 Å². The van der Waals surface area contributed by atoms with Crippen LogP contribution in [0, 0.1) is 10.1 Å². The number of para-hydroxylation sites is 2. The standard InChI is InChI=1S/C10H15N3O4S/c14-13(15)10-4-2-1-3-9(10)11-12-5-7-18(16,17)8-6-12/h1-4,11,16-17H,5-8H2/p-1. The molecule has 0 atom stereocenters. The van der Waals surface area contributed by atoms with Gasteiger partial charge in [0.05, 0.1) is 4.92 Å². The van der Waals surface area contributed by atoms with E-state index < -0.39 is 15.5 Å². The molecule has 1 aromatic carbocycles. The molecule has 1 aliphatic heterocycles. The number of nitrogens with zero attached hydrogens (tertiary/aromatic N) is 2. The van der Waals surface area contributed by atoms with Gasteiger partial charge in [-0.25, -0.2) is 5.01 Å². The molecule has 0 unspecified atom stereocenters. The van der Waals surface area contributed by atoms with E-state index in [1.165, 1.54) is 6.07 Å². The van der Waals surface area contributed by atoms with E-state index in [0.29, 0.717) is 18.8 Å². The number of nitro groups is 1. The van der Waals surface area contributed by atoms with Gasteiger partial charge in [0, 0.05) is 30.7 Å². The zero-order valence-electron chi connectivity index (χ0n) is 9.61. The summed E-state index contributed by atoms with van der Waals surface area (Å²) in [5.41, 5.74) is 3.31. The van der Waals surface area contributed by atoms with Crippen LogP contribution >= 0.6 is 10.6 Å². The number of nitro benzene ring substituents is 1. The van der Waals surface area contributed by atoms with Gasteiger partial charge in [-0.3, -0.25) is 10.1 Å². The summed E-state index contributed by atoms with van der Waals surface area (Å²) in [7, 11) is -2.70. The molecule has 0 spiro atoms. The van der Waals surface area contributed by atoms with Crippen molar-refractivity contribution in [1.82, 2.24) is 5.01 Å². The molecule has 0 aliphatic carbocycles. The van der Waals surface area contributed by atoms with Crippen LogP contribution in [0.15, 0.2) is 24.3 Å². The summed E-state index contributed by atoms with van der Waals surface area (Å²) < 4.78 is 20.7. The van der Waals surface area contributed by atoms with Crippen LogP contribution in [-0.2, 0) is 0 Å². The van der Waals surface area contributed by atoms with Gasteiger partial charge in [0.25, 0.3) is 5.69 Å². The molecule has 0 radical (unpaired) electrons. The van der Waals surface area contributed by atoms with Crippen LogP contribution in [0.2, 0.25) is 0 Å². The van der Waals surface area contributed by atoms with E-state index in [0.717, 1.165) is 0 Å². The highest BCUT2D eigenvalue weighted by Gasteiger charge is 2.19. The second kappa shape index (κ2) is 5.11. The molecular weight excluding hydrogens is 258 g/mol. The van der Waals surface area contributed by atoms with Gasteiger partial charge in [-0.05, 0) is 6.07 Å². The summed E-state index contributed by atoms with van der Waals surface area (Å²) in [6.07, 6.45) is 0. The molecular formula is C10H14N3O4S-. The Morgan fingerprint density at radius 1 is 1.33 bits per heavy atom. The van der Waals surface area contributed by atoms with Crippen molar-refractivity contribution < 1.29 is 14.0 Å². The normalized spacial score (nSPS) is 21.2. The van der Waals surface area contributed by atoms with Crippen LogP contribution in [0.3, 0.4) is 0 Å². The van der Waals surface area contributed by atoms with Crippen LogP contribution < -0.4 is 5.43 Å². The molecule has 8 heteroatoms. The van der Waals surface area contributed by atoms with E-state index in [4.69, 9.17) is 0 Å². The molecule has 2 N–H and O–H groups in total. The Balaban J connectivity index is 2.04. The lowest BCUT2D eigenvalue weighted by Crippen LogP contribution is -2.41. The lowest BCUT2D eigenvalue weighted by molar-refractivity contribution is -0.384. The minimum Gasteiger partial charge on any atom is -0.768 e. The third-order valence-electron chi connectivity index (χ3n) is 2.74. The second-order valence-corrected chi connectivity index (χ2v) is 6.42. The number of hydrogen-bond donors (Lipinski definition) is 2.